The zero-order valence-electron chi connectivity index (χ0n) is 32.7. The molecule has 2 nitrogen and oxygen atoms in total. The molecule has 0 amide bonds. The van der Waals surface area contributed by atoms with Crippen LogP contribution >= 0.6 is 0 Å². The van der Waals surface area contributed by atoms with Crippen molar-refractivity contribution in [2.45, 2.75) is 0 Å². The summed E-state index contributed by atoms with van der Waals surface area (Å²) in [5.74, 6) is 0. The fraction of sp³-hybridized carbons (Fsp3) is 0. The Morgan fingerprint density at radius 1 is 0.421 bits per heavy atom. The van der Waals surface area contributed by atoms with Crippen LogP contribution in [-0.4, -0.2) is 9.13 Å². The van der Waals surface area contributed by atoms with Crippen LogP contribution in [0.2, 0.25) is 0 Å². The first-order chi connectivity index (χ1) is 24.3. The van der Waals surface area contributed by atoms with E-state index >= 15 is 0 Å². The summed E-state index contributed by atoms with van der Waals surface area (Å²) in [6.07, 6.45) is 0. The smallest absolute Gasteiger partial charge is 0.0645 e. The molecule has 6 aromatic carbocycles. The fourth-order valence-corrected chi connectivity index (χ4v) is 5.30. The minimum absolute atomic E-state index is 0.00743. The summed E-state index contributed by atoms with van der Waals surface area (Å²) in [5, 5.41) is 1.40. The number of nitrogens with zero attached hydrogens (tertiary/aromatic N) is 2. The summed E-state index contributed by atoms with van der Waals surface area (Å²) in [5.41, 5.74) is 3.13. The van der Waals surface area contributed by atoms with Gasteiger partial charge in [-0.05, 0) is 53.5 Å². The van der Waals surface area contributed by atoms with Gasteiger partial charge in [0.05, 0.1) is 45.6 Å². The quantitative estimate of drug-likeness (QED) is 0.230. The van der Waals surface area contributed by atoms with E-state index in [1.165, 1.54) is 4.57 Å². The van der Waals surface area contributed by atoms with Crippen LogP contribution < -0.4 is 0 Å². The zero-order chi connectivity index (χ0) is 36.4. The van der Waals surface area contributed by atoms with Gasteiger partial charge in [0, 0.05) is 27.2 Å². The predicted molar refractivity (Wildman–Crippen MR) is 161 cm³/mol. The van der Waals surface area contributed by atoms with Crippen molar-refractivity contribution in [3.05, 3.63) is 145 Å². The van der Waals surface area contributed by atoms with E-state index in [0.717, 1.165) is 10.9 Å². The van der Waals surface area contributed by atoms with E-state index in [4.69, 9.17) is 17.8 Å². The Balaban J connectivity index is 1.47. The van der Waals surface area contributed by atoms with Crippen LogP contribution in [0, 0.1) is 0 Å². The first-order valence-electron chi connectivity index (χ1n) is 18.5. The summed E-state index contributed by atoms with van der Waals surface area (Å²) in [4.78, 5) is 0. The van der Waals surface area contributed by atoms with Gasteiger partial charge in [-0.25, -0.2) is 0 Å². The Morgan fingerprint density at radius 3 is 1.79 bits per heavy atom. The van der Waals surface area contributed by atoms with Crippen molar-refractivity contribution >= 4 is 43.6 Å². The molecule has 2 aromatic heterocycles. The van der Waals surface area contributed by atoms with Gasteiger partial charge >= 0.3 is 0 Å². The van der Waals surface area contributed by atoms with Crippen LogP contribution in [0.5, 0.6) is 0 Å². The highest BCUT2D eigenvalue weighted by Gasteiger charge is 2.19. The topological polar surface area (TPSA) is 9.86 Å². The van der Waals surface area contributed by atoms with Crippen molar-refractivity contribution in [2.75, 3.05) is 0 Å². The van der Waals surface area contributed by atoms with Gasteiger partial charge in [0.2, 0.25) is 0 Å². The Labute approximate surface area is 238 Å². The minimum Gasteiger partial charge on any atom is -0.309 e. The van der Waals surface area contributed by atoms with E-state index in [9.17, 15) is 0 Å². The number of aromatic nitrogens is 2. The largest absolute Gasteiger partial charge is 0.309 e. The highest BCUT2D eigenvalue weighted by molar-refractivity contribution is 6.16. The lowest BCUT2D eigenvalue weighted by molar-refractivity contribution is 1.17. The summed E-state index contributed by atoms with van der Waals surface area (Å²) in [7, 11) is 0. The molecule has 0 aliphatic rings. The zero-order valence-corrected chi connectivity index (χ0v) is 19.7. The third-order valence-corrected chi connectivity index (χ3v) is 6.86. The molecule has 8 rings (SSSR count). The van der Waals surface area contributed by atoms with Crippen molar-refractivity contribution in [3.63, 3.8) is 0 Å². The molecular weight excluding hydrogens is 460 g/mol. The number of rotatable bonds is 3. The van der Waals surface area contributed by atoms with Gasteiger partial charge in [-0.2, -0.15) is 0 Å². The van der Waals surface area contributed by atoms with Gasteiger partial charge in [-0.1, -0.05) is 103 Å². The lowest BCUT2D eigenvalue weighted by Crippen LogP contribution is -1.96. The average Bonchev–Trinajstić information content (AvgIpc) is 3.67. The van der Waals surface area contributed by atoms with E-state index in [1.807, 2.05) is 34.9 Å². The van der Waals surface area contributed by atoms with Gasteiger partial charge in [-0.15, -0.1) is 0 Å². The van der Waals surface area contributed by atoms with Gasteiger partial charge in [0.15, 0.2) is 0 Å². The third kappa shape index (κ3) is 3.01. The van der Waals surface area contributed by atoms with Crippen molar-refractivity contribution in [2.24, 2.45) is 0 Å². The van der Waals surface area contributed by atoms with Gasteiger partial charge in [0.1, 0.15) is 0 Å². The molecule has 2 heteroatoms. The molecule has 0 saturated heterocycles. The lowest BCUT2D eigenvalue weighted by atomic mass is 10.1. The monoisotopic (exact) mass is 497 g/mol. The normalized spacial score (nSPS) is 16.5. The van der Waals surface area contributed by atoms with Crippen molar-refractivity contribution < 1.29 is 17.8 Å². The van der Waals surface area contributed by atoms with Gasteiger partial charge in [0.25, 0.3) is 0 Å². The molecule has 0 aliphatic heterocycles. The molecule has 0 saturated carbocycles. The number of benzene rings is 6. The Hall–Kier alpha value is -5.08. The van der Waals surface area contributed by atoms with Crippen LogP contribution in [-0.2, 0) is 0 Å². The maximum Gasteiger partial charge on any atom is 0.0645 e. The molecule has 0 radical (unpaired) electrons. The highest BCUT2D eigenvalue weighted by atomic mass is 15.0. The molecule has 0 N–H and O–H groups in total. The second-order valence-electron chi connectivity index (χ2n) is 8.85. The maximum atomic E-state index is 8.97. The Kier molecular flexibility index (Phi) is 2.59. The second kappa shape index (κ2) is 8.22. The first kappa shape index (κ1) is 12.0. The average molecular weight is 498 g/mol. The molecule has 0 fully saturated rings. The van der Waals surface area contributed by atoms with Crippen molar-refractivity contribution in [1.82, 2.24) is 9.13 Å². The molecule has 0 atom stereocenters. The number of para-hydroxylation sites is 3. The summed E-state index contributed by atoms with van der Waals surface area (Å²) >= 11 is 0. The van der Waals surface area contributed by atoms with E-state index in [2.05, 4.69) is 0 Å². The standard InChI is InChI=1S/C36H24N2/c1-2-11-25(12-3-1)26-21-23-27(24-22-26)37-33-18-9-6-15-30(33)36-34(37)19-10-20-35(36)38-31-16-7-4-13-28(31)29-14-5-8-17-32(29)38/h1-24H/i1D,2D,3D,4D,5D,7D,8D,11D,12D,13D,14D,16D,17D. The van der Waals surface area contributed by atoms with Crippen LogP contribution in [0.3, 0.4) is 0 Å². The van der Waals surface area contributed by atoms with E-state index in [0.29, 0.717) is 27.8 Å². The third-order valence-electron chi connectivity index (χ3n) is 6.86. The van der Waals surface area contributed by atoms with Crippen LogP contribution in [0.25, 0.3) is 66.1 Å². The van der Waals surface area contributed by atoms with E-state index in [1.54, 1.807) is 36.4 Å². The number of fused-ring (bicyclic) bond motifs is 6. The highest BCUT2D eigenvalue weighted by Crippen LogP contribution is 2.39. The summed E-state index contributed by atoms with van der Waals surface area (Å²) < 4.78 is 114. The van der Waals surface area contributed by atoms with Crippen molar-refractivity contribution in [3.8, 4) is 22.5 Å². The first-order valence-corrected chi connectivity index (χ1v) is 12.0. The SMILES string of the molecule is [2H]c1c([2H])c([2H])c(-c2ccc(-n3c4ccccc4c4c(-n5c6c([2H])c([2H])c([2H])c([2H])c6c6c([2H])c([2H])c([2H])c([2H])c65)cccc43)cc2)c([2H])c1[2H]. The molecular formula is C36H24N2. The summed E-state index contributed by atoms with van der Waals surface area (Å²) in [6.45, 7) is 0. The van der Waals surface area contributed by atoms with Crippen LogP contribution in [0.1, 0.15) is 17.8 Å². The Morgan fingerprint density at radius 2 is 1.05 bits per heavy atom. The second-order valence-corrected chi connectivity index (χ2v) is 8.85. The molecule has 0 aliphatic carbocycles. The summed E-state index contributed by atoms with van der Waals surface area (Å²) in [6, 6.07) is 14.3. The van der Waals surface area contributed by atoms with Gasteiger partial charge < -0.3 is 9.13 Å². The molecule has 0 unspecified atom stereocenters. The fourth-order valence-electron chi connectivity index (χ4n) is 5.30. The number of hydrogen-bond donors (Lipinski definition) is 0. The Bertz CT molecular complexity index is 2730. The minimum atomic E-state index is -0.513. The molecule has 2 heterocycles. The van der Waals surface area contributed by atoms with E-state index < -0.39 is 54.4 Å². The van der Waals surface area contributed by atoms with Gasteiger partial charge in [-0.3, -0.25) is 0 Å². The molecule has 0 spiro atoms. The number of hydrogen-bond acceptors (Lipinski definition) is 0. The lowest BCUT2D eigenvalue weighted by Gasteiger charge is -2.12. The molecule has 38 heavy (non-hydrogen) atoms. The molecule has 8 aromatic rings. The molecule has 178 valence electrons. The van der Waals surface area contributed by atoms with Crippen molar-refractivity contribution in [1.29, 1.82) is 0 Å². The van der Waals surface area contributed by atoms with E-state index in [-0.39, 0.29) is 51.5 Å². The van der Waals surface area contributed by atoms with Crippen LogP contribution in [0.15, 0.2) is 145 Å². The maximum absolute atomic E-state index is 8.97. The molecule has 0 bridgehead atoms. The van der Waals surface area contributed by atoms with Crippen LogP contribution in [0.4, 0.5) is 0 Å². The predicted octanol–water partition coefficient (Wildman–Crippen LogP) is 9.55.